The summed E-state index contributed by atoms with van der Waals surface area (Å²) in [5.41, 5.74) is 8.24. The number of nitrogens with two attached hydrogens (primary N) is 1. The van der Waals surface area contributed by atoms with Crippen molar-refractivity contribution >= 4 is 0 Å². The molecule has 4 rings (SSSR count). The summed E-state index contributed by atoms with van der Waals surface area (Å²) in [6, 6.07) is 19.0. The summed E-state index contributed by atoms with van der Waals surface area (Å²) in [7, 11) is 0. The van der Waals surface area contributed by atoms with Gasteiger partial charge in [0.05, 0.1) is 6.61 Å². The summed E-state index contributed by atoms with van der Waals surface area (Å²) >= 11 is 0. The van der Waals surface area contributed by atoms with E-state index in [-0.39, 0.29) is 0 Å². The maximum Gasteiger partial charge on any atom is 0.119 e. The van der Waals surface area contributed by atoms with Crippen LogP contribution >= 0.6 is 0 Å². The summed E-state index contributed by atoms with van der Waals surface area (Å²) in [5, 5.41) is 0. The smallest absolute Gasteiger partial charge is 0.119 e. The highest BCUT2D eigenvalue weighted by atomic mass is 16.5. The van der Waals surface area contributed by atoms with Gasteiger partial charge in [0.2, 0.25) is 0 Å². The van der Waals surface area contributed by atoms with Crippen LogP contribution in [0, 0.1) is 5.92 Å². The van der Waals surface area contributed by atoms with E-state index < -0.39 is 0 Å². The quantitative estimate of drug-likeness (QED) is 0.559. The molecule has 0 bridgehead atoms. The minimum atomic E-state index is 0.584. The molecule has 3 heteroatoms. The Morgan fingerprint density at radius 2 is 1.43 bits per heavy atom. The van der Waals surface area contributed by atoms with E-state index in [0.717, 1.165) is 36.8 Å². The molecule has 0 atom stereocenters. The summed E-state index contributed by atoms with van der Waals surface area (Å²) in [5.74, 6) is 1.79. The lowest BCUT2D eigenvalue weighted by molar-refractivity contribution is 0.170. The minimum Gasteiger partial charge on any atom is -0.494 e. The monoisotopic (exact) mass is 408 g/mol. The first-order valence-electron chi connectivity index (χ1n) is 12.0. The van der Waals surface area contributed by atoms with Crippen LogP contribution in [0.25, 0.3) is 0 Å². The molecule has 164 valence electrons. The maximum atomic E-state index is 5.83. The number of hydrogen-bond acceptors (Lipinski definition) is 3. The Morgan fingerprint density at radius 3 is 2.03 bits per heavy atom. The lowest BCUT2D eigenvalue weighted by Crippen LogP contribution is -2.35. The standard InChI is InChI=1S/C22H30N2O.C5H10/c23-18-21-7-9-22(10-8-21)25-16-4-13-24-14-11-20(12-15-24)17-19-5-2-1-3-6-19;1-2-4-5-3-1/h1-3,5-10,20H,4,11-18,23H2;1-5H2. The molecule has 0 radical (unpaired) electrons. The third kappa shape index (κ3) is 8.49. The van der Waals surface area contributed by atoms with Crippen LogP contribution in [0.15, 0.2) is 54.6 Å². The Kier molecular flexibility index (Phi) is 10.2. The average Bonchev–Trinajstić information content (AvgIpc) is 3.39. The van der Waals surface area contributed by atoms with Crippen molar-refractivity contribution < 1.29 is 4.74 Å². The summed E-state index contributed by atoms with van der Waals surface area (Å²) < 4.78 is 5.83. The summed E-state index contributed by atoms with van der Waals surface area (Å²) in [6.45, 7) is 4.96. The summed E-state index contributed by atoms with van der Waals surface area (Å²) in [4.78, 5) is 2.59. The first kappa shape index (κ1) is 22.8. The SMILES string of the molecule is C1CCCC1.NCc1ccc(OCCCN2CCC(Cc3ccccc3)CC2)cc1. The van der Waals surface area contributed by atoms with Crippen molar-refractivity contribution in [1.29, 1.82) is 0 Å². The Balaban J connectivity index is 0.000000448. The number of hydrogen-bond donors (Lipinski definition) is 1. The number of nitrogens with zero attached hydrogens (tertiary/aromatic N) is 1. The van der Waals surface area contributed by atoms with E-state index in [1.165, 1.54) is 70.0 Å². The Labute approximate surface area is 183 Å². The second-order valence-corrected chi connectivity index (χ2v) is 8.79. The van der Waals surface area contributed by atoms with Gasteiger partial charge in [-0.05, 0) is 68.0 Å². The van der Waals surface area contributed by atoms with Crippen LogP contribution in [0.4, 0.5) is 0 Å². The molecule has 1 heterocycles. The molecule has 0 aromatic heterocycles. The number of benzene rings is 2. The highest BCUT2D eigenvalue weighted by molar-refractivity contribution is 5.27. The molecule has 1 saturated carbocycles. The molecule has 0 spiro atoms. The Bertz CT molecular complexity index is 666. The van der Waals surface area contributed by atoms with Gasteiger partial charge in [-0.15, -0.1) is 0 Å². The van der Waals surface area contributed by atoms with Crippen LogP contribution in [-0.2, 0) is 13.0 Å². The van der Waals surface area contributed by atoms with Crippen molar-refractivity contribution in [2.45, 2.75) is 64.3 Å². The van der Waals surface area contributed by atoms with Crippen molar-refractivity contribution in [3.8, 4) is 5.75 Å². The van der Waals surface area contributed by atoms with Crippen molar-refractivity contribution in [2.75, 3.05) is 26.2 Å². The predicted molar refractivity (Wildman–Crippen MR) is 127 cm³/mol. The Morgan fingerprint density at radius 1 is 0.800 bits per heavy atom. The minimum absolute atomic E-state index is 0.584. The highest BCUT2D eigenvalue weighted by Crippen LogP contribution is 2.22. The van der Waals surface area contributed by atoms with Crippen LogP contribution in [0.5, 0.6) is 5.75 Å². The van der Waals surface area contributed by atoms with E-state index in [1.807, 2.05) is 24.3 Å². The second kappa shape index (κ2) is 13.5. The zero-order chi connectivity index (χ0) is 20.9. The van der Waals surface area contributed by atoms with Gasteiger partial charge in [0.15, 0.2) is 0 Å². The van der Waals surface area contributed by atoms with E-state index >= 15 is 0 Å². The van der Waals surface area contributed by atoms with Crippen LogP contribution in [-0.4, -0.2) is 31.1 Å². The van der Waals surface area contributed by atoms with Gasteiger partial charge in [0, 0.05) is 13.1 Å². The molecule has 2 aromatic carbocycles. The average molecular weight is 409 g/mol. The van der Waals surface area contributed by atoms with E-state index in [9.17, 15) is 0 Å². The molecule has 0 unspecified atom stereocenters. The number of ether oxygens (including phenoxy) is 1. The van der Waals surface area contributed by atoms with E-state index in [1.54, 1.807) is 0 Å². The fourth-order valence-electron chi connectivity index (χ4n) is 4.45. The van der Waals surface area contributed by atoms with Gasteiger partial charge >= 0.3 is 0 Å². The molecule has 30 heavy (non-hydrogen) atoms. The fourth-order valence-corrected chi connectivity index (χ4v) is 4.45. The lowest BCUT2D eigenvalue weighted by atomic mass is 9.90. The molecule has 2 aliphatic rings. The normalized spacial score (nSPS) is 17.4. The molecule has 3 nitrogen and oxygen atoms in total. The van der Waals surface area contributed by atoms with Gasteiger partial charge in [-0.1, -0.05) is 74.6 Å². The fraction of sp³-hybridized carbons (Fsp3) is 0.556. The zero-order valence-electron chi connectivity index (χ0n) is 18.6. The molecule has 2 aromatic rings. The molecular weight excluding hydrogens is 368 g/mol. The van der Waals surface area contributed by atoms with Gasteiger partial charge in [0.25, 0.3) is 0 Å². The largest absolute Gasteiger partial charge is 0.494 e. The third-order valence-corrected chi connectivity index (χ3v) is 6.37. The number of likely N-dealkylation sites (tertiary alicyclic amines) is 1. The van der Waals surface area contributed by atoms with Gasteiger partial charge in [-0.3, -0.25) is 0 Å². The van der Waals surface area contributed by atoms with Crippen molar-refractivity contribution in [3.05, 3.63) is 65.7 Å². The maximum absolute atomic E-state index is 5.83. The van der Waals surface area contributed by atoms with Crippen LogP contribution in [0.2, 0.25) is 0 Å². The highest BCUT2D eigenvalue weighted by Gasteiger charge is 2.19. The van der Waals surface area contributed by atoms with E-state index in [4.69, 9.17) is 10.5 Å². The molecule has 0 amide bonds. The molecule has 1 aliphatic heterocycles. The van der Waals surface area contributed by atoms with Gasteiger partial charge in [-0.2, -0.15) is 0 Å². The van der Waals surface area contributed by atoms with Gasteiger partial charge in [0.1, 0.15) is 5.75 Å². The first-order chi connectivity index (χ1) is 14.8. The van der Waals surface area contributed by atoms with Gasteiger partial charge in [-0.25, -0.2) is 0 Å². The zero-order valence-corrected chi connectivity index (χ0v) is 18.6. The topological polar surface area (TPSA) is 38.5 Å². The first-order valence-corrected chi connectivity index (χ1v) is 12.0. The van der Waals surface area contributed by atoms with Crippen molar-refractivity contribution in [3.63, 3.8) is 0 Å². The van der Waals surface area contributed by atoms with Crippen molar-refractivity contribution in [1.82, 2.24) is 4.90 Å². The second-order valence-electron chi connectivity index (χ2n) is 8.79. The van der Waals surface area contributed by atoms with Crippen molar-refractivity contribution in [2.24, 2.45) is 11.7 Å². The number of piperidine rings is 1. The molecule has 2 fully saturated rings. The predicted octanol–water partition coefficient (Wildman–Crippen LogP) is 5.82. The van der Waals surface area contributed by atoms with Gasteiger partial charge < -0.3 is 15.4 Å². The van der Waals surface area contributed by atoms with E-state index in [0.29, 0.717) is 6.54 Å². The Hall–Kier alpha value is -1.84. The molecular formula is C27H40N2O. The lowest BCUT2D eigenvalue weighted by Gasteiger charge is -2.32. The molecule has 1 saturated heterocycles. The van der Waals surface area contributed by atoms with Crippen LogP contribution in [0.1, 0.15) is 62.5 Å². The molecule has 2 N–H and O–H groups in total. The van der Waals surface area contributed by atoms with Crippen LogP contribution in [0.3, 0.4) is 0 Å². The number of rotatable bonds is 8. The third-order valence-electron chi connectivity index (χ3n) is 6.37. The van der Waals surface area contributed by atoms with E-state index in [2.05, 4.69) is 35.2 Å². The molecule has 1 aliphatic carbocycles. The summed E-state index contributed by atoms with van der Waals surface area (Å²) in [6.07, 6.45) is 12.4. The van der Waals surface area contributed by atoms with Crippen LogP contribution < -0.4 is 10.5 Å².